The Kier molecular flexibility index (Phi) is 3.10. The van der Waals surface area contributed by atoms with Gasteiger partial charge in [-0.05, 0) is 25.0 Å². The molecular formula is C14H14ClNO2. The maximum Gasteiger partial charge on any atom is 0.152 e. The molecule has 0 radical (unpaired) electrons. The predicted molar refractivity (Wildman–Crippen MR) is 71.3 cm³/mol. The first-order valence-electron chi connectivity index (χ1n) is 6.13. The van der Waals surface area contributed by atoms with Crippen LogP contribution in [-0.4, -0.2) is 23.6 Å². The van der Waals surface area contributed by atoms with Gasteiger partial charge in [-0.1, -0.05) is 17.7 Å². The van der Waals surface area contributed by atoms with Crippen molar-refractivity contribution >= 4 is 28.8 Å². The number of benzene rings is 1. The Balaban J connectivity index is 2.04. The highest BCUT2D eigenvalue weighted by Crippen LogP contribution is 2.25. The predicted octanol–water partition coefficient (Wildman–Crippen LogP) is 3.29. The van der Waals surface area contributed by atoms with Crippen LogP contribution in [0.5, 0.6) is 0 Å². The maximum atomic E-state index is 11.1. The molecule has 1 aliphatic rings. The minimum absolute atomic E-state index is 0.249. The van der Waals surface area contributed by atoms with Gasteiger partial charge >= 0.3 is 0 Å². The van der Waals surface area contributed by atoms with Gasteiger partial charge in [0.2, 0.25) is 0 Å². The number of rotatable bonds is 3. The van der Waals surface area contributed by atoms with Gasteiger partial charge in [-0.15, -0.1) is 0 Å². The molecule has 94 valence electrons. The highest BCUT2D eigenvalue weighted by Gasteiger charge is 2.18. The molecule has 1 aromatic heterocycles. The molecule has 18 heavy (non-hydrogen) atoms. The Hall–Kier alpha value is -1.32. The van der Waals surface area contributed by atoms with Crippen LogP contribution in [0.25, 0.3) is 10.9 Å². The van der Waals surface area contributed by atoms with Crippen molar-refractivity contribution in [3.05, 3.63) is 35.0 Å². The smallest absolute Gasteiger partial charge is 0.152 e. The number of fused-ring (bicyclic) bond motifs is 1. The van der Waals surface area contributed by atoms with Crippen molar-refractivity contribution in [2.24, 2.45) is 0 Å². The van der Waals surface area contributed by atoms with Crippen molar-refractivity contribution in [1.29, 1.82) is 0 Å². The third-order valence-electron chi connectivity index (χ3n) is 3.43. The Morgan fingerprint density at radius 1 is 1.50 bits per heavy atom. The lowest BCUT2D eigenvalue weighted by molar-refractivity contribution is 0.0978. The van der Waals surface area contributed by atoms with Crippen molar-refractivity contribution in [1.82, 2.24) is 4.57 Å². The van der Waals surface area contributed by atoms with E-state index in [2.05, 4.69) is 4.57 Å². The summed E-state index contributed by atoms with van der Waals surface area (Å²) >= 11 is 6.03. The normalized spacial score (nSPS) is 19.5. The van der Waals surface area contributed by atoms with Crippen LogP contribution in [0.3, 0.4) is 0 Å². The summed E-state index contributed by atoms with van der Waals surface area (Å²) in [5.41, 5.74) is 1.71. The molecule has 2 aromatic rings. The number of carbonyl (C=O) groups is 1. The molecule has 0 bridgehead atoms. The van der Waals surface area contributed by atoms with Gasteiger partial charge in [0, 0.05) is 35.3 Å². The van der Waals surface area contributed by atoms with E-state index in [0.717, 1.165) is 43.2 Å². The van der Waals surface area contributed by atoms with Crippen molar-refractivity contribution in [3.8, 4) is 0 Å². The number of hydrogen-bond donors (Lipinski definition) is 0. The Morgan fingerprint density at radius 3 is 3.11 bits per heavy atom. The Bertz CT molecular complexity index is 585. The molecule has 2 heterocycles. The molecule has 4 heteroatoms. The summed E-state index contributed by atoms with van der Waals surface area (Å²) in [6.07, 6.45) is 5.22. The number of carbonyl (C=O) groups excluding carboxylic acids is 1. The molecule has 3 nitrogen and oxygen atoms in total. The third kappa shape index (κ3) is 2.04. The molecule has 0 amide bonds. The van der Waals surface area contributed by atoms with Crippen LogP contribution < -0.4 is 0 Å². The Labute approximate surface area is 110 Å². The fraction of sp³-hybridized carbons (Fsp3) is 0.357. The van der Waals surface area contributed by atoms with Crippen molar-refractivity contribution < 1.29 is 9.53 Å². The van der Waals surface area contributed by atoms with Gasteiger partial charge in [-0.3, -0.25) is 4.79 Å². The van der Waals surface area contributed by atoms with Gasteiger partial charge in [-0.25, -0.2) is 0 Å². The zero-order chi connectivity index (χ0) is 12.5. The average Bonchev–Trinajstić information content (AvgIpc) is 2.98. The van der Waals surface area contributed by atoms with Gasteiger partial charge in [0.25, 0.3) is 0 Å². The number of ether oxygens (including phenoxy) is 1. The molecule has 1 aromatic carbocycles. The number of halogens is 1. The van der Waals surface area contributed by atoms with Crippen LogP contribution in [0.4, 0.5) is 0 Å². The second-order valence-electron chi connectivity index (χ2n) is 4.65. The van der Waals surface area contributed by atoms with E-state index in [0.29, 0.717) is 10.6 Å². The molecular weight excluding hydrogens is 250 g/mol. The van der Waals surface area contributed by atoms with E-state index in [9.17, 15) is 4.79 Å². The molecule has 1 fully saturated rings. The molecule has 3 rings (SSSR count). The van der Waals surface area contributed by atoms with Crippen molar-refractivity contribution in [2.75, 3.05) is 6.61 Å². The lowest BCUT2D eigenvalue weighted by atomic mass is 10.2. The fourth-order valence-corrected chi connectivity index (χ4v) is 2.71. The van der Waals surface area contributed by atoms with Gasteiger partial charge in [0.05, 0.1) is 11.6 Å². The molecule has 0 saturated carbocycles. The Morgan fingerprint density at radius 2 is 2.39 bits per heavy atom. The van der Waals surface area contributed by atoms with E-state index in [1.54, 1.807) is 0 Å². The number of aromatic nitrogens is 1. The molecule has 0 spiro atoms. The summed E-state index contributed by atoms with van der Waals surface area (Å²) in [6, 6.07) is 5.61. The molecule has 1 unspecified atom stereocenters. The van der Waals surface area contributed by atoms with E-state index in [-0.39, 0.29) is 6.10 Å². The second-order valence-corrected chi connectivity index (χ2v) is 5.09. The van der Waals surface area contributed by atoms with Crippen LogP contribution in [0.15, 0.2) is 24.4 Å². The molecule has 1 saturated heterocycles. The summed E-state index contributed by atoms with van der Waals surface area (Å²) in [5.74, 6) is 0. The maximum absolute atomic E-state index is 11.1. The number of aldehydes is 1. The zero-order valence-corrected chi connectivity index (χ0v) is 10.7. The van der Waals surface area contributed by atoms with Crippen LogP contribution in [0.2, 0.25) is 5.02 Å². The number of hydrogen-bond acceptors (Lipinski definition) is 2. The average molecular weight is 264 g/mol. The van der Waals surface area contributed by atoms with Crippen LogP contribution in [0.1, 0.15) is 23.2 Å². The van der Waals surface area contributed by atoms with Gasteiger partial charge in [0.15, 0.2) is 6.29 Å². The van der Waals surface area contributed by atoms with Crippen molar-refractivity contribution in [2.45, 2.75) is 25.5 Å². The van der Waals surface area contributed by atoms with E-state index in [4.69, 9.17) is 16.3 Å². The van der Waals surface area contributed by atoms with Crippen LogP contribution in [0, 0.1) is 0 Å². The zero-order valence-electron chi connectivity index (χ0n) is 9.93. The highest BCUT2D eigenvalue weighted by atomic mass is 35.5. The van der Waals surface area contributed by atoms with Gasteiger partial charge in [-0.2, -0.15) is 0 Å². The van der Waals surface area contributed by atoms with Crippen LogP contribution >= 0.6 is 11.6 Å². The van der Waals surface area contributed by atoms with Gasteiger partial charge < -0.3 is 9.30 Å². The molecule has 1 atom stereocenters. The van der Waals surface area contributed by atoms with Crippen LogP contribution in [-0.2, 0) is 11.3 Å². The minimum Gasteiger partial charge on any atom is -0.376 e. The van der Waals surface area contributed by atoms with E-state index >= 15 is 0 Å². The van der Waals surface area contributed by atoms with Crippen molar-refractivity contribution in [3.63, 3.8) is 0 Å². The van der Waals surface area contributed by atoms with E-state index in [1.165, 1.54) is 0 Å². The number of nitrogens with zero attached hydrogens (tertiary/aromatic N) is 1. The SMILES string of the molecule is O=Cc1cn(CC2CCCO2)c2cc(Cl)ccc12. The summed E-state index contributed by atoms with van der Waals surface area (Å²) in [6.45, 7) is 1.62. The quantitative estimate of drug-likeness (QED) is 0.796. The standard InChI is InChI=1S/C14H14ClNO2/c15-11-3-4-13-10(9-17)7-16(14(13)6-11)8-12-2-1-5-18-12/h3-4,6-7,9,12H,1-2,5,8H2. The largest absolute Gasteiger partial charge is 0.376 e. The summed E-state index contributed by atoms with van der Waals surface area (Å²) in [5, 5.41) is 1.64. The summed E-state index contributed by atoms with van der Waals surface area (Å²) in [4.78, 5) is 11.1. The first kappa shape index (κ1) is 11.8. The molecule has 0 aliphatic carbocycles. The summed E-state index contributed by atoms with van der Waals surface area (Å²) in [7, 11) is 0. The highest BCUT2D eigenvalue weighted by molar-refractivity contribution is 6.31. The van der Waals surface area contributed by atoms with E-state index in [1.807, 2.05) is 24.4 Å². The van der Waals surface area contributed by atoms with E-state index < -0.39 is 0 Å². The minimum atomic E-state index is 0.249. The first-order chi connectivity index (χ1) is 8.78. The lowest BCUT2D eigenvalue weighted by Crippen LogP contribution is -2.14. The molecule has 1 aliphatic heterocycles. The lowest BCUT2D eigenvalue weighted by Gasteiger charge is -2.11. The third-order valence-corrected chi connectivity index (χ3v) is 3.66. The van der Waals surface area contributed by atoms with Gasteiger partial charge in [0.1, 0.15) is 0 Å². The monoisotopic (exact) mass is 263 g/mol. The molecule has 0 N–H and O–H groups in total. The first-order valence-corrected chi connectivity index (χ1v) is 6.51. The topological polar surface area (TPSA) is 31.2 Å². The summed E-state index contributed by atoms with van der Waals surface area (Å²) < 4.78 is 7.71. The second kappa shape index (κ2) is 4.75. The fourth-order valence-electron chi connectivity index (χ4n) is 2.55.